The summed E-state index contributed by atoms with van der Waals surface area (Å²) in [5, 5.41) is 10.9. The molecule has 0 N–H and O–H groups in total. The molecule has 0 aromatic heterocycles. The first kappa shape index (κ1) is 14.3. The summed E-state index contributed by atoms with van der Waals surface area (Å²) in [5.74, 6) is 0.0214. The maximum absolute atomic E-state index is 10.9. The van der Waals surface area contributed by atoms with E-state index in [1.807, 2.05) is 6.07 Å². The standard InChI is InChI=1S/C8H9NO.ClH.Mg/c1-9-6-7-4-2-3-5-8(7)10;;/h2-6,10H,1H3;1H;/q;;+2/p-2. The predicted octanol–water partition coefficient (Wildman–Crippen LogP) is -2.57. The second kappa shape index (κ2) is 7.40. The van der Waals surface area contributed by atoms with Crippen LogP contribution in [-0.2, 0) is 0 Å². The molecule has 1 rings (SSSR count). The van der Waals surface area contributed by atoms with Crippen LogP contribution in [0.5, 0.6) is 5.75 Å². The zero-order valence-electron chi connectivity index (χ0n) is 6.83. The SMILES string of the molecule is CN=Cc1ccccc1[O-].[Cl-].[Mg+2]. The minimum atomic E-state index is 0. The van der Waals surface area contributed by atoms with Crippen molar-refractivity contribution < 1.29 is 17.5 Å². The van der Waals surface area contributed by atoms with Gasteiger partial charge in [-0.3, -0.25) is 4.99 Å². The van der Waals surface area contributed by atoms with E-state index in [2.05, 4.69) is 4.99 Å². The Balaban J connectivity index is 0. The minimum Gasteiger partial charge on any atom is -1.00 e. The van der Waals surface area contributed by atoms with Crippen molar-refractivity contribution in [3.05, 3.63) is 29.8 Å². The van der Waals surface area contributed by atoms with Crippen LogP contribution in [0.25, 0.3) is 0 Å². The topological polar surface area (TPSA) is 35.4 Å². The number of aliphatic imine (C=N–C) groups is 1. The third-order valence-corrected chi connectivity index (χ3v) is 1.19. The summed E-state index contributed by atoms with van der Waals surface area (Å²) in [7, 11) is 1.65. The number of para-hydroxylation sites is 1. The molecule has 0 fully saturated rings. The normalized spacial score (nSPS) is 8.75. The van der Waals surface area contributed by atoms with Crippen molar-refractivity contribution in [3.8, 4) is 5.75 Å². The van der Waals surface area contributed by atoms with Crippen LogP contribution in [0.1, 0.15) is 5.56 Å². The number of rotatable bonds is 1. The van der Waals surface area contributed by atoms with Crippen molar-refractivity contribution in [3.63, 3.8) is 0 Å². The average Bonchev–Trinajstić information content (AvgIpc) is 1.94. The monoisotopic (exact) mass is 193 g/mol. The van der Waals surface area contributed by atoms with Gasteiger partial charge in [-0.2, -0.15) is 0 Å². The summed E-state index contributed by atoms with van der Waals surface area (Å²) >= 11 is 0. The molecule has 1 aromatic carbocycles. The van der Waals surface area contributed by atoms with Crippen LogP contribution in [-0.4, -0.2) is 36.3 Å². The Morgan fingerprint density at radius 1 is 1.33 bits per heavy atom. The summed E-state index contributed by atoms with van der Waals surface area (Å²) in [6, 6.07) is 6.81. The van der Waals surface area contributed by atoms with E-state index in [0.717, 1.165) is 0 Å². The minimum absolute atomic E-state index is 0. The number of hydrogen-bond acceptors (Lipinski definition) is 2. The van der Waals surface area contributed by atoms with E-state index < -0.39 is 0 Å². The van der Waals surface area contributed by atoms with Gasteiger partial charge >= 0.3 is 23.1 Å². The number of halogens is 1. The molecule has 0 aliphatic carbocycles. The number of nitrogens with zero attached hydrogens (tertiary/aromatic N) is 1. The van der Waals surface area contributed by atoms with E-state index >= 15 is 0 Å². The molecule has 4 heteroatoms. The van der Waals surface area contributed by atoms with Gasteiger partial charge in [0.15, 0.2) is 0 Å². The number of hydrogen-bond donors (Lipinski definition) is 0. The van der Waals surface area contributed by atoms with Gasteiger partial charge in [0.2, 0.25) is 0 Å². The van der Waals surface area contributed by atoms with Crippen molar-refractivity contribution in [2.45, 2.75) is 0 Å². The van der Waals surface area contributed by atoms with Gasteiger partial charge in [-0.15, -0.1) is 5.75 Å². The molecule has 60 valence electrons. The predicted molar refractivity (Wildman–Crippen MR) is 45.2 cm³/mol. The van der Waals surface area contributed by atoms with Gasteiger partial charge in [-0.1, -0.05) is 24.3 Å². The fourth-order valence-corrected chi connectivity index (χ4v) is 0.726. The van der Waals surface area contributed by atoms with Crippen molar-refractivity contribution in [1.29, 1.82) is 0 Å². The van der Waals surface area contributed by atoms with Crippen LogP contribution in [0.4, 0.5) is 0 Å². The second-order valence-corrected chi connectivity index (χ2v) is 1.93. The summed E-state index contributed by atoms with van der Waals surface area (Å²) in [6.45, 7) is 0. The molecule has 0 amide bonds. The zero-order chi connectivity index (χ0) is 7.40. The van der Waals surface area contributed by atoms with Crippen LogP contribution in [0, 0.1) is 0 Å². The van der Waals surface area contributed by atoms with E-state index in [1.54, 1.807) is 25.4 Å². The molecular weight excluding hydrogens is 186 g/mol. The molecule has 0 spiro atoms. The Labute approximate surface area is 94.3 Å². The van der Waals surface area contributed by atoms with Crippen molar-refractivity contribution in [2.75, 3.05) is 7.05 Å². The summed E-state index contributed by atoms with van der Waals surface area (Å²) < 4.78 is 0. The van der Waals surface area contributed by atoms with Crippen LogP contribution in [0.15, 0.2) is 29.3 Å². The van der Waals surface area contributed by atoms with Crippen molar-refractivity contribution >= 4 is 29.3 Å². The molecular formula is C8H8ClMgNO. The quantitative estimate of drug-likeness (QED) is 0.357. The summed E-state index contributed by atoms with van der Waals surface area (Å²) in [4.78, 5) is 3.74. The summed E-state index contributed by atoms with van der Waals surface area (Å²) in [5.41, 5.74) is 0.644. The molecule has 1 aromatic rings. The average molecular weight is 194 g/mol. The molecule has 0 saturated carbocycles. The maximum atomic E-state index is 10.9. The van der Waals surface area contributed by atoms with Crippen LogP contribution < -0.4 is 17.5 Å². The van der Waals surface area contributed by atoms with Gasteiger partial charge < -0.3 is 17.5 Å². The van der Waals surface area contributed by atoms with E-state index in [0.29, 0.717) is 5.56 Å². The fraction of sp³-hybridized carbons (Fsp3) is 0.125. The van der Waals surface area contributed by atoms with Crippen LogP contribution >= 0.6 is 0 Å². The van der Waals surface area contributed by atoms with Gasteiger partial charge in [-0.25, -0.2) is 0 Å². The molecule has 0 atom stereocenters. The first-order valence-corrected chi connectivity index (χ1v) is 3.03. The Bertz CT molecular complexity index is 253. The van der Waals surface area contributed by atoms with Gasteiger partial charge in [0, 0.05) is 13.3 Å². The second-order valence-electron chi connectivity index (χ2n) is 1.93. The van der Waals surface area contributed by atoms with Gasteiger partial charge in [0.25, 0.3) is 0 Å². The Hall–Kier alpha value is -0.254. The van der Waals surface area contributed by atoms with E-state index in [-0.39, 0.29) is 41.2 Å². The molecule has 0 unspecified atom stereocenters. The molecule has 0 aliphatic rings. The Morgan fingerprint density at radius 3 is 2.42 bits per heavy atom. The molecule has 0 heterocycles. The first-order valence-electron chi connectivity index (χ1n) is 3.03. The fourth-order valence-electron chi connectivity index (χ4n) is 0.726. The zero-order valence-corrected chi connectivity index (χ0v) is 9.00. The van der Waals surface area contributed by atoms with Gasteiger partial charge in [-0.05, 0) is 5.56 Å². The Morgan fingerprint density at radius 2 is 1.92 bits per heavy atom. The molecule has 12 heavy (non-hydrogen) atoms. The molecule has 0 radical (unpaired) electrons. The summed E-state index contributed by atoms with van der Waals surface area (Å²) in [6.07, 6.45) is 1.56. The number of benzene rings is 1. The van der Waals surface area contributed by atoms with E-state index in [1.165, 1.54) is 6.07 Å². The maximum Gasteiger partial charge on any atom is 2.00 e. The van der Waals surface area contributed by atoms with Crippen molar-refractivity contribution in [1.82, 2.24) is 0 Å². The van der Waals surface area contributed by atoms with Crippen LogP contribution in [0.2, 0.25) is 0 Å². The van der Waals surface area contributed by atoms with Crippen molar-refractivity contribution in [2.24, 2.45) is 4.99 Å². The van der Waals surface area contributed by atoms with E-state index in [9.17, 15) is 5.11 Å². The van der Waals surface area contributed by atoms with E-state index in [4.69, 9.17) is 0 Å². The van der Waals surface area contributed by atoms with Gasteiger partial charge in [0.1, 0.15) is 0 Å². The smallest absolute Gasteiger partial charge is 1.00 e. The molecule has 0 saturated heterocycles. The van der Waals surface area contributed by atoms with Gasteiger partial charge in [0.05, 0.1) is 0 Å². The van der Waals surface area contributed by atoms with Crippen LogP contribution in [0.3, 0.4) is 0 Å². The Kier molecular flexibility index (Phi) is 8.80. The third-order valence-electron chi connectivity index (χ3n) is 1.19. The third kappa shape index (κ3) is 3.95. The largest absolute Gasteiger partial charge is 2.00 e. The molecule has 0 bridgehead atoms. The first-order chi connectivity index (χ1) is 4.84. The molecule has 2 nitrogen and oxygen atoms in total. The molecule has 0 aliphatic heterocycles.